The lowest BCUT2D eigenvalue weighted by Gasteiger charge is -2.28. The number of benzene rings is 1. The highest BCUT2D eigenvalue weighted by molar-refractivity contribution is 5.97. The van der Waals surface area contributed by atoms with Crippen molar-refractivity contribution in [2.45, 2.75) is 33.4 Å². The first-order valence-electron chi connectivity index (χ1n) is 6.58. The number of rotatable bonds is 6. The van der Waals surface area contributed by atoms with E-state index in [1.54, 1.807) is 7.11 Å². The predicted octanol–water partition coefficient (Wildman–Crippen LogP) is 2.46. The van der Waals surface area contributed by atoms with Crippen molar-refractivity contribution in [3.63, 3.8) is 0 Å². The number of methoxy groups -OCH3 is 1. The van der Waals surface area contributed by atoms with Crippen molar-refractivity contribution in [2.75, 3.05) is 14.2 Å². The zero-order chi connectivity index (χ0) is 14.6. The van der Waals surface area contributed by atoms with E-state index in [0.717, 1.165) is 12.1 Å². The molecule has 0 spiro atoms. The van der Waals surface area contributed by atoms with E-state index < -0.39 is 0 Å². The molecule has 4 nitrogen and oxygen atoms in total. The lowest BCUT2D eigenvalue weighted by Crippen LogP contribution is -2.32. The van der Waals surface area contributed by atoms with Gasteiger partial charge in [0, 0.05) is 12.6 Å². The molecule has 106 valence electrons. The molecular weight excluding hydrogens is 238 g/mol. The van der Waals surface area contributed by atoms with Gasteiger partial charge < -0.3 is 10.5 Å². The van der Waals surface area contributed by atoms with Crippen LogP contribution < -0.4 is 10.5 Å². The van der Waals surface area contributed by atoms with E-state index in [1.807, 2.05) is 18.2 Å². The smallest absolute Gasteiger partial charge is 0.129 e. The van der Waals surface area contributed by atoms with Crippen LogP contribution in [-0.2, 0) is 6.54 Å². The molecular formula is C15H25N3O. The van der Waals surface area contributed by atoms with E-state index >= 15 is 0 Å². The maximum Gasteiger partial charge on any atom is 0.129 e. The van der Waals surface area contributed by atoms with Crippen molar-refractivity contribution in [2.24, 2.45) is 11.7 Å². The largest absolute Gasteiger partial charge is 0.496 e. The number of nitrogens with two attached hydrogens (primary N) is 1. The molecule has 19 heavy (non-hydrogen) atoms. The molecule has 1 rings (SSSR count). The van der Waals surface area contributed by atoms with Gasteiger partial charge in [0.05, 0.1) is 12.7 Å². The normalized spacial score (nSPS) is 12.8. The number of amidine groups is 1. The van der Waals surface area contributed by atoms with Gasteiger partial charge >= 0.3 is 0 Å². The van der Waals surface area contributed by atoms with Crippen LogP contribution >= 0.6 is 0 Å². The molecule has 0 aliphatic rings. The fourth-order valence-electron chi connectivity index (χ4n) is 2.00. The Morgan fingerprint density at radius 1 is 1.37 bits per heavy atom. The summed E-state index contributed by atoms with van der Waals surface area (Å²) in [5.74, 6) is 1.30. The molecule has 0 aliphatic heterocycles. The highest BCUT2D eigenvalue weighted by Gasteiger charge is 2.14. The van der Waals surface area contributed by atoms with E-state index in [9.17, 15) is 0 Å². The fraction of sp³-hybridized carbons (Fsp3) is 0.533. The number of hydrogen-bond donors (Lipinski definition) is 2. The Labute approximate surface area is 116 Å². The highest BCUT2D eigenvalue weighted by Crippen LogP contribution is 2.21. The molecule has 0 aliphatic carbocycles. The summed E-state index contributed by atoms with van der Waals surface area (Å²) in [6.07, 6.45) is 0. The Morgan fingerprint density at radius 3 is 2.47 bits per heavy atom. The molecule has 0 saturated carbocycles. The van der Waals surface area contributed by atoms with E-state index in [-0.39, 0.29) is 5.84 Å². The second kappa shape index (κ2) is 6.57. The van der Waals surface area contributed by atoms with Crippen molar-refractivity contribution in [3.05, 3.63) is 29.3 Å². The van der Waals surface area contributed by atoms with Gasteiger partial charge in [0.1, 0.15) is 11.6 Å². The quantitative estimate of drug-likeness (QED) is 0.612. The Morgan fingerprint density at radius 2 is 2.00 bits per heavy atom. The molecule has 0 fully saturated rings. The van der Waals surface area contributed by atoms with Crippen LogP contribution in [0.15, 0.2) is 18.2 Å². The Hall–Kier alpha value is -1.55. The molecule has 3 N–H and O–H groups in total. The lowest BCUT2D eigenvalue weighted by molar-refractivity contribution is 0.200. The SMILES string of the molecule is COc1ccc(CN(C)C(C)C(C)C)cc1C(=N)N. The summed E-state index contributed by atoms with van der Waals surface area (Å²) in [5.41, 5.74) is 7.39. The van der Waals surface area contributed by atoms with E-state index in [2.05, 4.69) is 32.7 Å². The molecule has 0 saturated heterocycles. The van der Waals surface area contributed by atoms with Crippen LogP contribution in [0.2, 0.25) is 0 Å². The fourth-order valence-corrected chi connectivity index (χ4v) is 2.00. The van der Waals surface area contributed by atoms with Crippen LogP contribution in [0.5, 0.6) is 5.75 Å². The van der Waals surface area contributed by atoms with Crippen molar-refractivity contribution in [1.82, 2.24) is 4.90 Å². The van der Waals surface area contributed by atoms with Gasteiger partial charge in [-0.2, -0.15) is 0 Å². The first-order chi connectivity index (χ1) is 8.86. The summed E-state index contributed by atoms with van der Waals surface area (Å²) in [6, 6.07) is 6.34. The zero-order valence-electron chi connectivity index (χ0n) is 12.5. The summed E-state index contributed by atoms with van der Waals surface area (Å²) in [5, 5.41) is 7.60. The number of nitrogen functional groups attached to an aromatic ring is 1. The molecule has 0 amide bonds. The van der Waals surface area contributed by atoms with Crippen LogP contribution in [0.25, 0.3) is 0 Å². The number of nitrogens with zero attached hydrogens (tertiary/aromatic N) is 1. The van der Waals surface area contributed by atoms with Crippen molar-refractivity contribution in [3.8, 4) is 5.75 Å². The van der Waals surface area contributed by atoms with Gasteiger partial charge in [-0.1, -0.05) is 19.9 Å². The van der Waals surface area contributed by atoms with Crippen LogP contribution in [0.1, 0.15) is 31.9 Å². The summed E-state index contributed by atoms with van der Waals surface area (Å²) < 4.78 is 5.22. The third kappa shape index (κ3) is 3.96. The van der Waals surface area contributed by atoms with E-state index in [4.69, 9.17) is 15.9 Å². The minimum absolute atomic E-state index is 0.0401. The van der Waals surface area contributed by atoms with Crippen molar-refractivity contribution >= 4 is 5.84 Å². The van der Waals surface area contributed by atoms with Crippen LogP contribution in [-0.4, -0.2) is 30.9 Å². The Bertz CT molecular complexity index is 443. The first-order valence-corrected chi connectivity index (χ1v) is 6.58. The van der Waals surface area contributed by atoms with Crippen LogP contribution in [0.3, 0.4) is 0 Å². The third-order valence-electron chi connectivity index (χ3n) is 3.65. The molecule has 0 aromatic heterocycles. The first kappa shape index (κ1) is 15.5. The summed E-state index contributed by atoms with van der Waals surface area (Å²) >= 11 is 0. The molecule has 0 heterocycles. The second-order valence-electron chi connectivity index (χ2n) is 5.35. The Balaban J connectivity index is 2.91. The topological polar surface area (TPSA) is 62.3 Å². The average molecular weight is 263 g/mol. The minimum atomic E-state index is 0.0401. The summed E-state index contributed by atoms with van der Waals surface area (Å²) in [7, 11) is 3.71. The molecule has 0 radical (unpaired) electrons. The standard InChI is InChI=1S/C15H25N3O/c1-10(2)11(3)18(4)9-12-6-7-14(19-5)13(8-12)15(16)17/h6-8,10-11H,9H2,1-5H3,(H3,16,17). The van der Waals surface area contributed by atoms with Gasteiger partial charge in [0.25, 0.3) is 0 Å². The van der Waals surface area contributed by atoms with Gasteiger partial charge in [-0.3, -0.25) is 10.3 Å². The molecule has 0 bridgehead atoms. The number of hydrogen-bond acceptors (Lipinski definition) is 3. The number of nitrogens with one attached hydrogen (secondary N) is 1. The van der Waals surface area contributed by atoms with Crippen molar-refractivity contribution in [1.29, 1.82) is 5.41 Å². The van der Waals surface area contributed by atoms with E-state index in [1.165, 1.54) is 0 Å². The van der Waals surface area contributed by atoms with Gasteiger partial charge in [0.15, 0.2) is 0 Å². The maximum atomic E-state index is 7.60. The van der Waals surface area contributed by atoms with E-state index in [0.29, 0.717) is 23.3 Å². The average Bonchev–Trinajstić information content (AvgIpc) is 2.37. The monoisotopic (exact) mass is 263 g/mol. The molecule has 1 atom stereocenters. The predicted molar refractivity (Wildman–Crippen MR) is 79.8 cm³/mol. The summed E-state index contributed by atoms with van der Waals surface area (Å²) in [4.78, 5) is 2.30. The maximum absolute atomic E-state index is 7.60. The second-order valence-corrected chi connectivity index (χ2v) is 5.35. The highest BCUT2D eigenvalue weighted by atomic mass is 16.5. The number of ether oxygens (including phenoxy) is 1. The van der Waals surface area contributed by atoms with Gasteiger partial charge in [0.2, 0.25) is 0 Å². The van der Waals surface area contributed by atoms with Gasteiger partial charge in [-0.05, 0) is 37.6 Å². The summed E-state index contributed by atoms with van der Waals surface area (Å²) in [6.45, 7) is 7.50. The zero-order valence-corrected chi connectivity index (χ0v) is 12.5. The lowest BCUT2D eigenvalue weighted by atomic mass is 10.0. The minimum Gasteiger partial charge on any atom is -0.496 e. The molecule has 1 aromatic carbocycles. The van der Waals surface area contributed by atoms with Crippen molar-refractivity contribution < 1.29 is 4.74 Å². The Kier molecular flexibility index (Phi) is 5.36. The van der Waals surface area contributed by atoms with Crippen LogP contribution in [0, 0.1) is 11.3 Å². The van der Waals surface area contributed by atoms with Gasteiger partial charge in [-0.15, -0.1) is 0 Å². The third-order valence-corrected chi connectivity index (χ3v) is 3.65. The molecule has 4 heteroatoms. The van der Waals surface area contributed by atoms with Crippen LogP contribution in [0.4, 0.5) is 0 Å². The molecule has 1 unspecified atom stereocenters. The molecule has 1 aromatic rings. The van der Waals surface area contributed by atoms with Gasteiger partial charge in [-0.25, -0.2) is 0 Å².